The van der Waals surface area contributed by atoms with E-state index in [0.717, 1.165) is 31.5 Å². The van der Waals surface area contributed by atoms with E-state index in [4.69, 9.17) is 4.42 Å². The number of nitrogens with zero attached hydrogens (tertiary/aromatic N) is 3. The fourth-order valence-electron chi connectivity index (χ4n) is 3.99. The van der Waals surface area contributed by atoms with Gasteiger partial charge in [-0.3, -0.25) is 14.5 Å². The smallest absolute Gasteiger partial charge is 0.289 e. The highest BCUT2D eigenvalue weighted by molar-refractivity contribution is 5.91. The van der Waals surface area contributed by atoms with Crippen LogP contribution < -0.4 is 0 Å². The van der Waals surface area contributed by atoms with Crippen LogP contribution in [0.2, 0.25) is 0 Å². The highest BCUT2D eigenvalue weighted by Crippen LogP contribution is 2.26. The molecule has 6 nitrogen and oxygen atoms in total. The summed E-state index contributed by atoms with van der Waals surface area (Å²) in [6, 6.07) is 13.1. The molecule has 27 heavy (non-hydrogen) atoms. The summed E-state index contributed by atoms with van der Waals surface area (Å²) >= 11 is 0. The van der Waals surface area contributed by atoms with Gasteiger partial charge in [-0.1, -0.05) is 30.3 Å². The third-order valence-corrected chi connectivity index (χ3v) is 5.47. The van der Waals surface area contributed by atoms with Gasteiger partial charge >= 0.3 is 0 Å². The molecule has 2 fully saturated rings. The Hall–Kier alpha value is -2.60. The first-order valence-electron chi connectivity index (χ1n) is 9.64. The van der Waals surface area contributed by atoms with Gasteiger partial charge in [-0.15, -0.1) is 0 Å². The minimum atomic E-state index is -0.273. The zero-order valence-corrected chi connectivity index (χ0v) is 15.4. The largest absolute Gasteiger partial charge is 0.459 e. The number of benzene rings is 1. The van der Waals surface area contributed by atoms with Crippen LogP contribution in [0.1, 0.15) is 35.0 Å². The van der Waals surface area contributed by atoms with E-state index < -0.39 is 0 Å². The number of furan rings is 1. The van der Waals surface area contributed by atoms with E-state index in [1.165, 1.54) is 6.26 Å². The van der Waals surface area contributed by atoms with Crippen molar-refractivity contribution in [3.63, 3.8) is 0 Å². The first-order chi connectivity index (χ1) is 13.2. The van der Waals surface area contributed by atoms with Crippen molar-refractivity contribution < 1.29 is 14.0 Å². The number of amides is 2. The second kappa shape index (κ2) is 7.96. The second-order valence-corrected chi connectivity index (χ2v) is 7.15. The van der Waals surface area contributed by atoms with Gasteiger partial charge in [-0.25, -0.2) is 0 Å². The van der Waals surface area contributed by atoms with Crippen LogP contribution in [0.25, 0.3) is 0 Å². The molecule has 3 heterocycles. The maximum Gasteiger partial charge on any atom is 0.289 e. The fourth-order valence-corrected chi connectivity index (χ4v) is 3.99. The highest BCUT2D eigenvalue weighted by atomic mass is 16.3. The third kappa shape index (κ3) is 3.76. The van der Waals surface area contributed by atoms with Crippen LogP contribution in [0.3, 0.4) is 0 Å². The lowest BCUT2D eigenvalue weighted by Crippen LogP contribution is -2.52. The van der Waals surface area contributed by atoms with E-state index in [0.29, 0.717) is 31.9 Å². The first kappa shape index (κ1) is 17.8. The summed E-state index contributed by atoms with van der Waals surface area (Å²) < 4.78 is 5.23. The van der Waals surface area contributed by atoms with Crippen LogP contribution in [0.4, 0.5) is 0 Å². The lowest BCUT2D eigenvalue weighted by Gasteiger charge is -2.39. The summed E-state index contributed by atoms with van der Waals surface area (Å²) in [6.07, 6.45) is 3.68. The fraction of sp³-hybridized carbons (Fsp3) is 0.429. The van der Waals surface area contributed by atoms with Gasteiger partial charge in [0, 0.05) is 39.3 Å². The highest BCUT2D eigenvalue weighted by Gasteiger charge is 2.35. The summed E-state index contributed by atoms with van der Waals surface area (Å²) in [7, 11) is 0. The number of hydrogen-bond donors (Lipinski definition) is 0. The average molecular weight is 367 g/mol. The zero-order valence-electron chi connectivity index (χ0n) is 15.4. The van der Waals surface area contributed by atoms with Crippen LogP contribution in [-0.2, 0) is 4.79 Å². The molecule has 0 bridgehead atoms. The summed E-state index contributed by atoms with van der Waals surface area (Å²) in [4.78, 5) is 31.7. The van der Waals surface area contributed by atoms with E-state index in [-0.39, 0.29) is 17.9 Å². The van der Waals surface area contributed by atoms with Crippen molar-refractivity contribution in [3.8, 4) is 0 Å². The summed E-state index contributed by atoms with van der Waals surface area (Å²) in [5, 5.41) is 0. The Morgan fingerprint density at radius 3 is 2.15 bits per heavy atom. The predicted octanol–water partition coefficient (Wildman–Crippen LogP) is 2.40. The molecule has 1 aromatic carbocycles. The number of likely N-dealkylation sites (tertiary alicyclic amines) is 1. The molecule has 142 valence electrons. The summed E-state index contributed by atoms with van der Waals surface area (Å²) in [6.45, 7) is 4.22. The molecule has 2 aliphatic rings. The Kier molecular flexibility index (Phi) is 5.25. The molecule has 2 amide bonds. The molecule has 0 unspecified atom stereocenters. The van der Waals surface area contributed by atoms with E-state index in [1.54, 1.807) is 17.0 Å². The van der Waals surface area contributed by atoms with Crippen LogP contribution in [-0.4, -0.2) is 65.8 Å². The van der Waals surface area contributed by atoms with Gasteiger partial charge in [0.25, 0.3) is 5.91 Å². The van der Waals surface area contributed by atoms with E-state index in [9.17, 15) is 9.59 Å². The standard InChI is InChI=1S/C21H25N3O3/c25-20(18-9-6-16-27-18)24-14-12-22(13-15-24)19(17-7-2-1-3-8-17)21(26)23-10-4-5-11-23/h1-3,6-9,16,19H,4-5,10-15H2/t19-/m0/s1. The molecule has 4 rings (SSSR count). The quantitative estimate of drug-likeness (QED) is 0.833. The van der Waals surface area contributed by atoms with Gasteiger partial charge in [0.1, 0.15) is 6.04 Å². The van der Waals surface area contributed by atoms with Gasteiger partial charge in [0.15, 0.2) is 5.76 Å². The van der Waals surface area contributed by atoms with Crippen LogP contribution >= 0.6 is 0 Å². The molecular weight excluding hydrogens is 342 g/mol. The molecule has 0 aliphatic carbocycles. The Bertz CT molecular complexity index is 761. The maximum absolute atomic E-state index is 13.2. The van der Waals surface area contributed by atoms with Gasteiger partial charge in [-0.05, 0) is 30.5 Å². The first-order valence-corrected chi connectivity index (χ1v) is 9.64. The van der Waals surface area contributed by atoms with Crippen molar-refractivity contribution in [1.29, 1.82) is 0 Å². The van der Waals surface area contributed by atoms with Crippen molar-refractivity contribution in [2.24, 2.45) is 0 Å². The molecule has 1 aromatic heterocycles. The summed E-state index contributed by atoms with van der Waals surface area (Å²) in [5.74, 6) is 0.475. The molecule has 2 aromatic rings. The van der Waals surface area contributed by atoms with Crippen LogP contribution in [0.15, 0.2) is 53.1 Å². The minimum Gasteiger partial charge on any atom is -0.459 e. The topological polar surface area (TPSA) is 57.0 Å². The Labute approximate surface area is 159 Å². The van der Waals surface area contributed by atoms with Crippen molar-refractivity contribution in [1.82, 2.24) is 14.7 Å². The molecule has 0 saturated carbocycles. The molecule has 1 atom stereocenters. The SMILES string of the molecule is O=C(c1ccco1)N1CCN([C@H](C(=O)N2CCCC2)c2ccccc2)CC1. The van der Waals surface area contributed by atoms with Gasteiger partial charge in [0.05, 0.1) is 6.26 Å². The van der Waals surface area contributed by atoms with Crippen molar-refractivity contribution >= 4 is 11.8 Å². The van der Waals surface area contributed by atoms with E-state index in [1.807, 2.05) is 35.2 Å². The molecule has 0 spiro atoms. The van der Waals surface area contributed by atoms with E-state index in [2.05, 4.69) is 4.90 Å². The van der Waals surface area contributed by atoms with Gasteiger partial charge in [-0.2, -0.15) is 0 Å². The van der Waals surface area contributed by atoms with Crippen molar-refractivity contribution in [3.05, 3.63) is 60.1 Å². The van der Waals surface area contributed by atoms with E-state index >= 15 is 0 Å². The zero-order chi connectivity index (χ0) is 18.6. The lowest BCUT2D eigenvalue weighted by molar-refractivity contribution is -0.136. The summed E-state index contributed by atoms with van der Waals surface area (Å²) in [5.41, 5.74) is 1.03. The average Bonchev–Trinajstić information content (AvgIpc) is 3.43. The Morgan fingerprint density at radius 1 is 0.815 bits per heavy atom. The second-order valence-electron chi connectivity index (χ2n) is 7.15. The van der Waals surface area contributed by atoms with Crippen LogP contribution in [0, 0.1) is 0 Å². The number of hydrogen-bond acceptors (Lipinski definition) is 4. The minimum absolute atomic E-state index is 0.0817. The Morgan fingerprint density at radius 2 is 1.52 bits per heavy atom. The molecule has 0 N–H and O–H groups in total. The van der Waals surface area contributed by atoms with Gasteiger partial charge < -0.3 is 14.2 Å². The predicted molar refractivity (Wildman–Crippen MR) is 101 cm³/mol. The lowest BCUT2D eigenvalue weighted by atomic mass is 10.0. The maximum atomic E-state index is 13.2. The number of rotatable bonds is 4. The molecular formula is C21H25N3O3. The monoisotopic (exact) mass is 367 g/mol. The Balaban J connectivity index is 1.48. The molecule has 2 aliphatic heterocycles. The number of carbonyl (C=O) groups is 2. The molecule has 6 heteroatoms. The third-order valence-electron chi connectivity index (χ3n) is 5.47. The number of carbonyl (C=O) groups excluding carboxylic acids is 2. The van der Waals surface area contributed by atoms with Crippen molar-refractivity contribution in [2.75, 3.05) is 39.3 Å². The normalized spacial score (nSPS) is 19.3. The van der Waals surface area contributed by atoms with Crippen LogP contribution in [0.5, 0.6) is 0 Å². The molecule has 0 radical (unpaired) electrons. The molecule has 2 saturated heterocycles. The number of piperazine rings is 1. The van der Waals surface area contributed by atoms with Gasteiger partial charge in [0.2, 0.25) is 5.91 Å². The van der Waals surface area contributed by atoms with Crippen molar-refractivity contribution in [2.45, 2.75) is 18.9 Å².